The molecule has 0 aromatic rings. The van der Waals surface area contributed by atoms with Crippen LogP contribution in [-0.4, -0.2) is 18.6 Å². The Balaban J connectivity index is 3.77. The molecular formula is C34H69NO2. The molecule has 0 fully saturated rings. The highest BCUT2D eigenvalue weighted by Gasteiger charge is 2.12. The molecule has 0 aromatic carbocycles. The van der Waals surface area contributed by atoms with Crippen molar-refractivity contribution in [3.63, 3.8) is 0 Å². The van der Waals surface area contributed by atoms with E-state index in [4.69, 9.17) is 10.5 Å². The van der Waals surface area contributed by atoms with Crippen molar-refractivity contribution >= 4 is 5.97 Å². The summed E-state index contributed by atoms with van der Waals surface area (Å²) in [6, 6.07) is 0.367. The molecule has 0 heterocycles. The summed E-state index contributed by atoms with van der Waals surface area (Å²) in [6.45, 7) is 7.46. The number of rotatable bonds is 30. The van der Waals surface area contributed by atoms with Crippen LogP contribution in [0.3, 0.4) is 0 Å². The van der Waals surface area contributed by atoms with Gasteiger partial charge >= 0.3 is 5.97 Å². The Morgan fingerprint density at radius 1 is 0.514 bits per heavy atom. The van der Waals surface area contributed by atoms with Gasteiger partial charge in [-0.2, -0.15) is 0 Å². The molecule has 0 bridgehead atoms. The molecule has 0 saturated heterocycles. The number of carbonyl (C=O) groups is 1. The lowest BCUT2D eigenvalue weighted by atomic mass is 9.95. The van der Waals surface area contributed by atoms with Crippen molar-refractivity contribution in [2.24, 2.45) is 11.7 Å². The third kappa shape index (κ3) is 28.3. The van der Waals surface area contributed by atoms with E-state index in [1.807, 2.05) is 0 Å². The van der Waals surface area contributed by atoms with E-state index < -0.39 is 0 Å². The summed E-state index contributed by atoms with van der Waals surface area (Å²) >= 11 is 0. The Morgan fingerprint density at radius 3 is 1.32 bits per heavy atom. The second-order valence-corrected chi connectivity index (χ2v) is 11.9. The van der Waals surface area contributed by atoms with Crippen molar-refractivity contribution in [2.45, 2.75) is 200 Å². The molecule has 3 heteroatoms. The smallest absolute Gasteiger partial charge is 0.305 e. The van der Waals surface area contributed by atoms with Crippen molar-refractivity contribution < 1.29 is 9.53 Å². The summed E-state index contributed by atoms with van der Waals surface area (Å²) in [5.41, 5.74) is 6.33. The van der Waals surface area contributed by atoms with Gasteiger partial charge in [-0.3, -0.25) is 4.79 Å². The van der Waals surface area contributed by atoms with E-state index in [1.165, 1.54) is 148 Å². The van der Waals surface area contributed by atoms with Crippen molar-refractivity contribution in [3.05, 3.63) is 0 Å². The minimum atomic E-state index is 0.0212. The van der Waals surface area contributed by atoms with Crippen LogP contribution in [-0.2, 0) is 9.53 Å². The number of esters is 1. The van der Waals surface area contributed by atoms with Crippen LogP contribution in [0.25, 0.3) is 0 Å². The predicted molar refractivity (Wildman–Crippen MR) is 164 cm³/mol. The third-order valence-corrected chi connectivity index (χ3v) is 8.05. The van der Waals surface area contributed by atoms with E-state index in [9.17, 15) is 4.79 Å². The van der Waals surface area contributed by atoms with E-state index in [1.54, 1.807) is 0 Å². The van der Waals surface area contributed by atoms with Gasteiger partial charge in [0.2, 0.25) is 0 Å². The Hall–Kier alpha value is -0.570. The lowest BCUT2D eigenvalue weighted by molar-refractivity contribution is -0.145. The second-order valence-electron chi connectivity index (χ2n) is 11.9. The predicted octanol–water partition coefficient (Wildman–Crippen LogP) is 11.1. The first-order valence-electron chi connectivity index (χ1n) is 17.0. The Kier molecular flexibility index (Phi) is 29.5. The number of hydrogen-bond donors (Lipinski definition) is 1. The second kappa shape index (κ2) is 30.0. The molecule has 0 radical (unpaired) electrons. The van der Waals surface area contributed by atoms with E-state index >= 15 is 0 Å². The fourth-order valence-electron chi connectivity index (χ4n) is 5.38. The Bertz CT molecular complexity index is 453. The maximum absolute atomic E-state index is 12.3. The molecule has 37 heavy (non-hydrogen) atoms. The summed E-state index contributed by atoms with van der Waals surface area (Å²) in [5, 5.41) is 0. The minimum absolute atomic E-state index is 0.0212. The van der Waals surface area contributed by atoms with Crippen LogP contribution in [0.2, 0.25) is 0 Å². The van der Waals surface area contributed by atoms with Crippen molar-refractivity contribution in [1.29, 1.82) is 0 Å². The highest BCUT2D eigenvalue weighted by Crippen LogP contribution is 2.20. The zero-order valence-corrected chi connectivity index (χ0v) is 25.8. The van der Waals surface area contributed by atoms with Crippen LogP contribution in [0.15, 0.2) is 0 Å². The first-order valence-corrected chi connectivity index (χ1v) is 17.0. The van der Waals surface area contributed by atoms with Gasteiger partial charge in [0.1, 0.15) is 0 Å². The summed E-state index contributed by atoms with van der Waals surface area (Å²) in [5.74, 6) is 0.586. The quantitative estimate of drug-likeness (QED) is 0.0752. The van der Waals surface area contributed by atoms with Crippen LogP contribution in [0.5, 0.6) is 0 Å². The molecule has 0 aromatic heterocycles. The summed E-state index contributed by atoms with van der Waals surface area (Å²) in [4.78, 5) is 12.3. The fraction of sp³-hybridized carbons (Fsp3) is 0.971. The highest BCUT2D eigenvalue weighted by molar-refractivity contribution is 5.69. The number of carbonyl (C=O) groups excluding carboxylic acids is 1. The topological polar surface area (TPSA) is 52.3 Å². The first kappa shape index (κ1) is 36.4. The molecule has 2 atom stereocenters. The molecule has 0 aliphatic rings. The van der Waals surface area contributed by atoms with Gasteiger partial charge in [0, 0.05) is 12.5 Å². The van der Waals surface area contributed by atoms with Gasteiger partial charge in [-0.05, 0) is 38.0 Å². The van der Waals surface area contributed by atoms with Gasteiger partial charge in [-0.15, -0.1) is 0 Å². The Labute approximate surface area is 233 Å². The maximum Gasteiger partial charge on any atom is 0.305 e. The summed E-state index contributed by atoms with van der Waals surface area (Å²) < 4.78 is 5.73. The largest absolute Gasteiger partial charge is 0.465 e. The van der Waals surface area contributed by atoms with Crippen LogP contribution in [0.4, 0.5) is 0 Å². The van der Waals surface area contributed by atoms with Gasteiger partial charge in [-0.25, -0.2) is 0 Å². The molecule has 3 nitrogen and oxygen atoms in total. The number of ether oxygens (including phenoxy) is 1. The molecule has 2 unspecified atom stereocenters. The van der Waals surface area contributed by atoms with Crippen molar-refractivity contribution in [1.82, 2.24) is 0 Å². The lowest BCUT2D eigenvalue weighted by Crippen LogP contribution is -2.19. The van der Waals surface area contributed by atoms with E-state index in [2.05, 4.69) is 20.8 Å². The molecule has 0 saturated carbocycles. The third-order valence-electron chi connectivity index (χ3n) is 8.05. The van der Waals surface area contributed by atoms with Crippen LogP contribution >= 0.6 is 0 Å². The van der Waals surface area contributed by atoms with Gasteiger partial charge in [0.25, 0.3) is 0 Å². The number of unbranched alkanes of at least 4 members (excludes halogenated alkanes) is 18. The molecular weight excluding hydrogens is 454 g/mol. The SMILES string of the molecule is CCCCCCCCCCC(N)CCCCCCC(=O)OCC(CCCCCC)CCCCCCCC. The van der Waals surface area contributed by atoms with Crippen LogP contribution in [0.1, 0.15) is 194 Å². The average Bonchev–Trinajstić information content (AvgIpc) is 2.90. The van der Waals surface area contributed by atoms with Gasteiger partial charge < -0.3 is 10.5 Å². The number of hydrogen-bond acceptors (Lipinski definition) is 3. The van der Waals surface area contributed by atoms with Crippen LogP contribution < -0.4 is 5.73 Å². The van der Waals surface area contributed by atoms with Gasteiger partial charge in [0.15, 0.2) is 0 Å². The molecule has 0 rings (SSSR count). The molecule has 0 aliphatic carbocycles. The molecule has 0 spiro atoms. The van der Waals surface area contributed by atoms with E-state index in [0.29, 0.717) is 25.0 Å². The van der Waals surface area contributed by atoms with E-state index in [0.717, 1.165) is 19.3 Å². The normalized spacial score (nSPS) is 13.1. The number of nitrogens with two attached hydrogens (primary N) is 1. The van der Waals surface area contributed by atoms with E-state index in [-0.39, 0.29) is 5.97 Å². The molecule has 2 N–H and O–H groups in total. The van der Waals surface area contributed by atoms with Gasteiger partial charge in [-0.1, -0.05) is 156 Å². The van der Waals surface area contributed by atoms with Crippen LogP contribution in [0, 0.1) is 5.92 Å². The van der Waals surface area contributed by atoms with Crippen molar-refractivity contribution in [3.8, 4) is 0 Å². The Morgan fingerprint density at radius 2 is 0.865 bits per heavy atom. The summed E-state index contributed by atoms with van der Waals surface area (Å²) in [7, 11) is 0. The maximum atomic E-state index is 12.3. The summed E-state index contributed by atoms with van der Waals surface area (Å²) in [6.07, 6.45) is 34.0. The average molecular weight is 524 g/mol. The fourth-order valence-corrected chi connectivity index (χ4v) is 5.38. The van der Waals surface area contributed by atoms with Crippen molar-refractivity contribution in [2.75, 3.05) is 6.61 Å². The lowest BCUT2D eigenvalue weighted by Gasteiger charge is -2.17. The van der Waals surface area contributed by atoms with Gasteiger partial charge in [0.05, 0.1) is 6.61 Å². The molecule has 222 valence electrons. The molecule has 0 amide bonds. The highest BCUT2D eigenvalue weighted by atomic mass is 16.5. The minimum Gasteiger partial charge on any atom is -0.465 e. The first-order chi connectivity index (χ1) is 18.1. The standard InChI is InChI=1S/C34H69NO2/c1-4-7-10-13-15-16-18-23-28-33(35)29-24-19-20-25-30-34(36)37-31-32(26-21-12-9-6-3)27-22-17-14-11-8-5-2/h32-33H,4-31,35H2,1-3H3. The zero-order valence-electron chi connectivity index (χ0n) is 25.8. The molecule has 0 aliphatic heterocycles. The monoisotopic (exact) mass is 524 g/mol. The zero-order chi connectivity index (χ0) is 27.2.